The van der Waals surface area contributed by atoms with Crippen molar-refractivity contribution in [1.29, 1.82) is 0 Å². The van der Waals surface area contributed by atoms with Crippen molar-refractivity contribution in [3.63, 3.8) is 0 Å². The number of carbonyl (C=O) groups excluding carboxylic acids is 2. The van der Waals surface area contributed by atoms with Crippen LogP contribution >= 0.6 is 0 Å². The first-order valence-corrected chi connectivity index (χ1v) is 6.62. The smallest absolute Gasteiger partial charge is 0.214 e. The number of phenolic OH excluding ortho intramolecular Hbond substituents is 1. The van der Waals surface area contributed by atoms with Gasteiger partial charge in [-0.15, -0.1) is 0 Å². The molecule has 0 saturated carbocycles. The van der Waals surface area contributed by atoms with Gasteiger partial charge in [-0.2, -0.15) is 0 Å². The number of hydrogen-bond donors (Lipinski definition) is 2. The summed E-state index contributed by atoms with van der Waals surface area (Å²) in [5.41, 5.74) is 2.49. The Kier molecular flexibility index (Phi) is 2.17. The minimum atomic E-state index is -0.336. The van der Waals surface area contributed by atoms with Crippen LogP contribution in [0.25, 0.3) is 10.9 Å². The molecule has 0 fully saturated rings. The first-order valence-electron chi connectivity index (χ1n) is 6.62. The number of aromatic hydroxyl groups is 1. The molecule has 0 saturated heterocycles. The summed E-state index contributed by atoms with van der Waals surface area (Å²) >= 11 is 0. The van der Waals surface area contributed by atoms with Crippen molar-refractivity contribution >= 4 is 22.5 Å². The highest BCUT2D eigenvalue weighted by atomic mass is 16.3. The number of fused-ring (bicyclic) bond motifs is 4. The van der Waals surface area contributed by atoms with E-state index in [1.807, 2.05) is 24.3 Å². The Morgan fingerprint density at radius 3 is 2.48 bits per heavy atom. The van der Waals surface area contributed by atoms with Gasteiger partial charge in [-0.05, 0) is 24.6 Å². The van der Waals surface area contributed by atoms with Gasteiger partial charge in [0.2, 0.25) is 5.78 Å². The van der Waals surface area contributed by atoms with Crippen LogP contribution in [0.1, 0.15) is 37.5 Å². The van der Waals surface area contributed by atoms with E-state index in [1.165, 1.54) is 6.07 Å². The molecule has 0 bridgehead atoms. The number of rotatable bonds is 0. The number of carbonyl (C=O) groups is 2. The highest BCUT2D eigenvalue weighted by Gasteiger charge is 2.35. The fraction of sp³-hybridized carbons (Fsp3) is 0.0588. The molecule has 0 amide bonds. The number of benzene rings is 2. The molecule has 4 nitrogen and oxygen atoms in total. The van der Waals surface area contributed by atoms with Crippen LogP contribution in [0, 0.1) is 6.92 Å². The van der Waals surface area contributed by atoms with Crippen LogP contribution < -0.4 is 0 Å². The molecule has 0 aliphatic heterocycles. The standard InChI is InChI=1S/C17H11NO3/c1-8-6-7-11(19)14-12(8)16(20)13-9-4-2-3-5-10(9)18-15(13)17(14)21/h2-7,18-19H,1H3. The molecule has 1 aromatic heterocycles. The molecule has 2 aromatic carbocycles. The fourth-order valence-corrected chi connectivity index (χ4v) is 3.02. The summed E-state index contributed by atoms with van der Waals surface area (Å²) < 4.78 is 0. The zero-order valence-corrected chi connectivity index (χ0v) is 11.2. The molecule has 0 radical (unpaired) electrons. The first-order chi connectivity index (χ1) is 10.1. The lowest BCUT2D eigenvalue weighted by Gasteiger charge is -2.17. The Hall–Kier alpha value is -2.88. The topological polar surface area (TPSA) is 70.2 Å². The van der Waals surface area contributed by atoms with E-state index >= 15 is 0 Å². The predicted octanol–water partition coefficient (Wildman–Crippen LogP) is 2.96. The summed E-state index contributed by atoms with van der Waals surface area (Å²) in [4.78, 5) is 28.5. The number of phenols is 1. The molecule has 0 atom stereocenters. The number of aromatic amines is 1. The van der Waals surface area contributed by atoms with Gasteiger partial charge in [0.05, 0.1) is 16.8 Å². The quantitative estimate of drug-likeness (QED) is 0.519. The van der Waals surface area contributed by atoms with E-state index in [-0.39, 0.29) is 28.6 Å². The van der Waals surface area contributed by atoms with E-state index in [9.17, 15) is 14.7 Å². The zero-order valence-electron chi connectivity index (χ0n) is 11.2. The van der Waals surface area contributed by atoms with Crippen molar-refractivity contribution < 1.29 is 14.7 Å². The molecule has 0 spiro atoms. The number of ketones is 2. The first kappa shape index (κ1) is 11.9. The number of nitrogens with one attached hydrogen (secondary N) is 1. The fourth-order valence-electron chi connectivity index (χ4n) is 3.02. The van der Waals surface area contributed by atoms with Gasteiger partial charge in [-0.25, -0.2) is 0 Å². The Labute approximate surface area is 120 Å². The lowest BCUT2D eigenvalue weighted by Crippen LogP contribution is -2.21. The van der Waals surface area contributed by atoms with Crippen LogP contribution in [0.15, 0.2) is 36.4 Å². The summed E-state index contributed by atoms with van der Waals surface area (Å²) in [6.07, 6.45) is 0. The minimum Gasteiger partial charge on any atom is -0.507 e. The normalized spacial score (nSPS) is 13.4. The lowest BCUT2D eigenvalue weighted by atomic mass is 9.84. The number of hydrogen-bond acceptors (Lipinski definition) is 3. The van der Waals surface area contributed by atoms with Crippen LogP contribution in [0.2, 0.25) is 0 Å². The van der Waals surface area contributed by atoms with Gasteiger partial charge in [0.25, 0.3) is 0 Å². The third-order valence-electron chi connectivity index (χ3n) is 4.01. The van der Waals surface area contributed by atoms with Crippen molar-refractivity contribution in [3.8, 4) is 5.75 Å². The van der Waals surface area contributed by atoms with Crippen molar-refractivity contribution in [2.45, 2.75) is 6.92 Å². The second-order valence-corrected chi connectivity index (χ2v) is 5.23. The number of H-pyrrole nitrogens is 1. The Balaban J connectivity index is 2.15. The third-order valence-corrected chi connectivity index (χ3v) is 4.01. The highest BCUT2D eigenvalue weighted by molar-refractivity contribution is 6.33. The molecular formula is C17H11NO3. The van der Waals surface area contributed by atoms with E-state index in [2.05, 4.69) is 4.98 Å². The van der Waals surface area contributed by atoms with Gasteiger partial charge in [0, 0.05) is 16.5 Å². The average Bonchev–Trinajstić information content (AvgIpc) is 2.87. The van der Waals surface area contributed by atoms with E-state index in [0.29, 0.717) is 16.7 Å². The molecular weight excluding hydrogens is 266 g/mol. The maximum absolute atomic E-state index is 12.8. The number of aryl methyl sites for hydroxylation is 1. The minimum absolute atomic E-state index is 0.0963. The summed E-state index contributed by atoms with van der Waals surface area (Å²) in [5.74, 6) is -0.708. The van der Waals surface area contributed by atoms with Crippen LogP contribution in [0.3, 0.4) is 0 Å². The van der Waals surface area contributed by atoms with Gasteiger partial charge < -0.3 is 10.1 Å². The lowest BCUT2D eigenvalue weighted by molar-refractivity contribution is 0.0975. The van der Waals surface area contributed by atoms with Gasteiger partial charge in [0.15, 0.2) is 5.78 Å². The van der Waals surface area contributed by atoms with Crippen molar-refractivity contribution in [2.75, 3.05) is 0 Å². The molecule has 0 unspecified atom stereocenters. The van der Waals surface area contributed by atoms with E-state index in [4.69, 9.17) is 0 Å². The maximum atomic E-state index is 12.8. The largest absolute Gasteiger partial charge is 0.507 e. The monoisotopic (exact) mass is 277 g/mol. The van der Waals surface area contributed by atoms with Gasteiger partial charge >= 0.3 is 0 Å². The van der Waals surface area contributed by atoms with Gasteiger partial charge in [-0.1, -0.05) is 24.3 Å². The predicted molar refractivity (Wildman–Crippen MR) is 78.0 cm³/mol. The van der Waals surface area contributed by atoms with E-state index in [1.54, 1.807) is 13.0 Å². The highest BCUT2D eigenvalue weighted by Crippen LogP contribution is 2.37. The Bertz CT molecular complexity index is 950. The van der Waals surface area contributed by atoms with Crippen LogP contribution in [-0.2, 0) is 0 Å². The zero-order chi connectivity index (χ0) is 14.7. The Morgan fingerprint density at radius 2 is 1.67 bits per heavy atom. The molecule has 4 heteroatoms. The SMILES string of the molecule is Cc1ccc(O)c2c1C(=O)c1c([nH]c3ccccc13)C2=O. The second-order valence-electron chi connectivity index (χ2n) is 5.23. The molecule has 21 heavy (non-hydrogen) atoms. The molecule has 1 heterocycles. The van der Waals surface area contributed by atoms with E-state index in [0.717, 1.165) is 10.9 Å². The van der Waals surface area contributed by atoms with Crippen LogP contribution in [0.4, 0.5) is 0 Å². The average molecular weight is 277 g/mol. The second kappa shape index (κ2) is 3.82. The van der Waals surface area contributed by atoms with E-state index < -0.39 is 0 Å². The van der Waals surface area contributed by atoms with Crippen molar-refractivity contribution in [1.82, 2.24) is 4.98 Å². The Morgan fingerprint density at radius 1 is 0.905 bits per heavy atom. The molecule has 1 aliphatic carbocycles. The summed E-state index contributed by atoms with van der Waals surface area (Å²) in [7, 11) is 0. The third kappa shape index (κ3) is 1.39. The molecule has 4 rings (SSSR count). The van der Waals surface area contributed by atoms with Crippen LogP contribution in [-0.4, -0.2) is 21.7 Å². The maximum Gasteiger partial charge on any atom is 0.214 e. The van der Waals surface area contributed by atoms with Gasteiger partial charge in [-0.3, -0.25) is 9.59 Å². The summed E-state index contributed by atoms with van der Waals surface area (Å²) in [5, 5.41) is 10.7. The van der Waals surface area contributed by atoms with Gasteiger partial charge in [0.1, 0.15) is 5.75 Å². The summed E-state index contributed by atoms with van der Waals surface area (Å²) in [6, 6.07) is 10.4. The molecule has 2 N–H and O–H groups in total. The molecule has 3 aromatic rings. The number of para-hydroxylation sites is 1. The van der Waals surface area contributed by atoms with Crippen molar-refractivity contribution in [3.05, 3.63) is 64.3 Å². The number of aromatic nitrogens is 1. The summed E-state index contributed by atoms with van der Waals surface area (Å²) in [6.45, 7) is 1.77. The molecule has 102 valence electrons. The van der Waals surface area contributed by atoms with Crippen LogP contribution in [0.5, 0.6) is 5.75 Å². The molecule has 1 aliphatic rings. The van der Waals surface area contributed by atoms with Crippen molar-refractivity contribution in [2.24, 2.45) is 0 Å².